The highest BCUT2D eigenvalue weighted by molar-refractivity contribution is 8.00. The molecule has 0 radical (unpaired) electrons. The first-order valence-electron chi connectivity index (χ1n) is 5.70. The molecule has 17 heavy (non-hydrogen) atoms. The highest BCUT2D eigenvalue weighted by Crippen LogP contribution is 2.26. The molecule has 1 aliphatic heterocycles. The standard InChI is InChI=1S/C11H16N4S2/c1-2-8-7-15(5-6-17-8)11-9(10(12)16)3-4-13-14-11/h3-4,8H,2,5-7H2,1H3,(H2,12,16). The topological polar surface area (TPSA) is 55.0 Å². The van der Waals surface area contributed by atoms with Gasteiger partial charge < -0.3 is 10.6 Å². The Morgan fingerprint density at radius 2 is 2.53 bits per heavy atom. The summed E-state index contributed by atoms with van der Waals surface area (Å²) in [6, 6.07) is 1.84. The molecule has 2 heterocycles. The number of thioether (sulfide) groups is 1. The minimum atomic E-state index is 0.390. The predicted octanol–water partition coefficient (Wildman–Crippen LogP) is 1.44. The smallest absolute Gasteiger partial charge is 0.161 e. The number of hydrogen-bond acceptors (Lipinski definition) is 5. The van der Waals surface area contributed by atoms with E-state index in [2.05, 4.69) is 22.0 Å². The molecule has 0 aromatic carbocycles. The molecule has 6 heteroatoms. The van der Waals surface area contributed by atoms with Crippen LogP contribution in [0.5, 0.6) is 0 Å². The van der Waals surface area contributed by atoms with E-state index in [1.807, 2.05) is 17.8 Å². The molecule has 4 nitrogen and oxygen atoms in total. The van der Waals surface area contributed by atoms with E-state index in [-0.39, 0.29) is 0 Å². The molecule has 0 amide bonds. The lowest BCUT2D eigenvalue weighted by molar-refractivity contribution is 0.713. The van der Waals surface area contributed by atoms with Gasteiger partial charge in [0.2, 0.25) is 0 Å². The molecule has 1 atom stereocenters. The lowest BCUT2D eigenvalue weighted by Crippen LogP contribution is -2.39. The van der Waals surface area contributed by atoms with Crippen molar-refractivity contribution in [2.24, 2.45) is 5.73 Å². The van der Waals surface area contributed by atoms with Crippen molar-refractivity contribution < 1.29 is 0 Å². The molecule has 1 aliphatic rings. The van der Waals surface area contributed by atoms with Crippen LogP contribution >= 0.6 is 24.0 Å². The van der Waals surface area contributed by atoms with E-state index in [0.717, 1.165) is 30.2 Å². The lowest BCUT2D eigenvalue weighted by Gasteiger charge is -2.33. The summed E-state index contributed by atoms with van der Waals surface area (Å²) in [5.74, 6) is 1.95. The number of thiocarbonyl (C=S) groups is 1. The first-order chi connectivity index (χ1) is 8.22. The zero-order valence-corrected chi connectivity index (χ0v) is 11.4. The van der Waals surface area contributed by atoms with Crippen molar-refractivity contribution in [3.63, 3.8) is 0 Å². The number of rotatable bonds is 3. The minimum Gasteiger partial charge on any atom is -0.389 e. The Morgan fingerprint density at radius 1 is 1.71 bits per heavy atom. The van der Waals surface area contributed by atoms with E-state index in [1.54, 1.807) is 6.20 Å². The summed E-state index contributed by atoms with van der Waals surface area (Å²) in [5.41, 5.74) is 6.55. The molecular weight excluding hydrogens is 252 g/mol. The molecule has 0 saturated carbocycles. The molecule has 0 aliphatic carbocycles. The number of hydrogen-bond donors (Lipinski definition) is 1. The Balaban J connectivity index is 2.24. The van der Waals surface area contributed by atoms with Crippen LogP contribution in [0.2, 0.25) is 0 Å². The van der Waals surface area contributed by atoms with Crippen molar-refractivity contribution in [2.45, 2.75) is 18.6 Å². The van der Waals surface area contributed by atoms with E-state index in [0.29, 0.717) is 10.2 Å². The van der Waals surface area contributed by atoms with Crippen LogP contribution in [0, 0.1) is 0 Å². The SMILES string of the molecule is CCC1CN(c2nnccc2C(N)=S)CCS1. The van der Waals surface area contributed by atoms with Crippen LogP contribution in [0.4, 0.5) is 5.82 Å². The van der Waals surface area contributed by atoms with Gasteiger partial charge in [-0.15, -0.1) is 5.10 Å². The third-order valence-electron chi connectivity index (χ3n) is 2.86. The summed E-state index contributed by atoms with van der Waals surface area (Å²) in [4.78, 5) is 2.63. The van der Waals surface area contributed by atoms with E-state index < -0.39 is 0 Å². The molecule has 2 N–H and O–H groups in total. The first kappa shape index (κ1) is 12.6. The second-order valence-electron chi connectivity index (χ2n) is 3.98. The van der Waals surface area contributed by atoms with Gasteiger partial charge in [-0.05, 0) is 12.5 Å². The Hall–Kier alpha value is -0.880. The molecular formula is C11H16N4S2. The molecule has 2 rings (SSSR count). The van der Waals surface area contributed by atoms with E-state index >= 15 is 0 Å². The van der Waals surface area contributed by atoms with Crippen LogP contribution in [0.1, 0.15) is 18.9 Å². The van der Waals surface area contributed by atoms with Gasteiger partial charge in [0.25, 0.3) is 0 Å². The molecule has 1 fully saturated rings. The average molecular weight is 268 g/mol. The van der Waals surface area contributed by atoms with Gasteiger partial charge in [-0.25, -0.2) is 0 Å². The van der Waals surface area contributed by atoms with E-state index in [1.165, 1.54) is 6.42 Å². The van der Waals surface area contributed by atoms with Crippen molar-refractivity contribution in [3.8, 4) is 0 Å². The fourth-order valence-electron chi connectivity index (χ4n) is 1.91. The van der Waals surface area contributed by atoms with Gasteiger partial charge in [-0.3, -0.25) is 0 Å². The molecule has 92 valence electrons. The van der Waals surface area contributed by atoms with Crippen LogP contribution in [0.3, 0.4) is 0 Å². The van der Waals surface area contributed by atoms with Gasteiger partial charge in [0.1, 0.15) is 4.99 Å². The lowest BCUT2D eigenvalue weighted by atomic mass is 10.2. The van der Waals surface area contributed by atoms with Gasteiger partial charge in [0, 0.05) is 24.1 Å². The molecule has 1 aromatic rings. The van der Waals surface area contributed by atoms with Crippen molar-refractivity contribution in [1.82, 2.24) is 10.2 Å². The largest absolute Gasteiger partial charge is 0.389 e. The van der Waals surface area contributed by atoms with Crippen LogP contribution in [0.15, 0.2) is 12.3 Å². The Morgan fingerprint density at radius 3 is 3.24 bits per heavy atom. The third-order valence-corrected chi connectivity index (χ3v) is 4.45. The molecule has 0 spiro atoms. The van der Waals surface area contributed by atoms with E-state index in [4.69, 9.17) is 18.0 Å². The summed E-state index contributed by atoms with van der Waals surface area (Å²) in [6.45, 7) is 4.19. The van der Waals surface area contributed by atoms with Crippen LogP contribution in [-0.4, -0.2) is 39.3 Å². The van der Waals surface area contributed by atoms with Crippen LogP contribution in [-0.2, 0) is 0 Å². The highest BCUT2D eigenvalue weighted by Gasteiger charge is 2.22. The number of anilines is 1. The predicted molar refractivity (Wildman–Crippen MR) is 76.7 cm³/mol. The van der Waals surface area contributed by atoms with Gasteiger partial charge in [0.15, 0.2) is 5.82 Å². The van der Waals surface area contributed by atoms with Crippen LogP contribution < -0.4 is 10.6 Å². The van der Waals surface area contributed by atoms with Gasteiger partial charge in [-0.2, -0.15) is 16.9 Å². The zero-order valence-electron chi connectivity index (χ0n) is 9.80. The zero-order chi connectivity index (χ0) is 12.3. The number of aromatic nitrogens is 2. The first-order valence-corrected chi connectivity index (χ1v) is 7.16. The highest BCUT2D eigenvalue weighted by atomic mass is 32.2. The number of nitrogens with zero attached hydrogens (tertiary/aromatic N) is 3. The maximum Gasteiger partial charge on any atom is 0.161 e. The Labute approximate surface area is 111 Å². The summed E-state index contributed by atoms with van der Waals surface area (Å²) < 4.78 is 0. The van der Waals surface area contributed by atoms with Crippen LogP contribution in [0.25, 0.3) is 0 Å². The van der Waals surface area contributed by atoms with Crippen molar-refractivity contribution in [3.05, 3.63) is 17.8 Å². The van der Waals surface area contributed by atoms with Crippen molar-refractivity contribution in [1.29, 1.82) is 0 Å². The van der Waals surface area contributed by atoms with E-state index in [9.17, 15) is 0 Å². The molecule has 0 bridgehead atoms. The Bertz CT molecular complexity index is 410. The quantitative estimate of drug-likeness (QED) is 0.837. The molecule has 1 saturated heterocycles. The van der Waals surface area contributed by atoms with Gasteiger partial charge >= 0.3 is 0 Å². The normalized spacial score (nSPS) is 20.3. The summed E-state index contributed by atoms with van der Waals surface area (Å²) in [5, 5.41) is 8.79. The maximum atomic E-state index is 5.72. The third kappa shape index (κ3) is 2.87. The fraction of sp³-hybridized carbons (Fsp3) is 0.545. The monoisotopic (exact) mass is 268 g/mol. The molecule has 1 aromatic heterocycles. The second-order valence-corrected chi connectivity index (χ2v) is 5.83. The minimum absolute atomic E-state index is 0.390. The average Bonchev–Trinajstić information content (AvgIpc) is 2.39. The summed E-state index contributed by atoms with van der Waals surface area (Å²) >= 11 is 7.08. The summed E-state index contributed by atoms with van der Waals surface area (Å²) in [7, 11) is 0. The maximum absolute atomic E-state index is 5.72. The van der Waals surface area contributed by atoms with Crippen molar-refractivity contribution in [2.75, 3.05) is 23.7 Å². The number of nitrogens with two attached hydrogens (primary N) is 1. The van der Waals surface area contributed by atoms with Gasteiger partial charge in [0.05, 0.1) is 11.8 Å². The Kier molecular flexibility index (Phi) is 4.17. The summed E-state index contributed by atoms with van der Waals surface area (Å²) in [6.07, 6.45) is 2.80. The second kappa shape index (κ2) is 5.64. The fourth-order valence-corrected chi connectivity index (χ4v) is 3.25. The van der Waals surface area contributed by atoms with Crippen molar-refractivity contribution >= 4 is 34.8 Å². The molecule has 1 unspecified atom stereocenters. The van der Waals surface area contributed by atoms with Gasteiger partial charge in [-0.1, -0.05) is 19.1 Å².